The van der Waals surface area contributed by atoms with Crippen LogP contribution in [0.15, 0.2) is 83.4 Å². The quantitative estimate of drug-likeness (QED) is 0.0285. The number of hydrogen-bond acceptors (Lipinski definition) is 26. The number of carbonyl (C=O) groups is 6. The highest BCUT2D eigenvalue weighted by molar-refractivity contribution is 6.30. The number of fused-ring (bicyclic) bond motifs is 2. The summed E-state index contributed by atoms with van der Waals surface area (Å²) in [7, 11) is 0. The summed E-state index contributed by atoms with van der Waals surface area (Å²) in [5.41, 5.74) is -1.72. The van der Waals surface area contributed by atoms with Gasteiger partial charge in [-0.3, -0.25) is 28.3 Å². The molecule has 6 unspecified atom stereocenters. The van der Waals surface area contributed by atoms with Crippen LogP contribution in [0.25, 0.3) is 0 Å². The molecule has 8 heterocycles. The number of nitrogens with one attached hydrogen (secondary N) is 6. The molecule has 125 heavy (non-hydrogen) atoms. The van der Waals surface area contributed by atoms with Crippen molar-refractivity contribution in [3.8, 4) is 0 Å². The summed E-state index contributed by atoms with van der Waals surface area (Å²) < 4.78 is 219. The number of imide groups is 2. The topological polar surface area (TPSA) is 417 Å². The van der Waals surface area contributed by atoms with Crippen LogP contribution < -0.4 is 64.3 Å². The van der Waals surface area contributed by atoms with E-state index >= 15 is 0 Å². The maximum absolute atomic E-state index is 13.6. The summed E-state index contributed by atoms with van der Waals surface area (Å²) >= 11 is 11.3. The van der Waals surface area contributed by atoms with Gasteiger partial charge in [0.25, 0.3) is 22.9 Å². The third-order valence-electron chi connectivity index (χ3n) is 17.6. The summed E-state index contributed by atoms with van der Waals surface area (Å²) in [5.74, 6) is -3.12. The zero-order valence-electron chi connectivity index (χ0n) is 69.4. The Labute approximate surface area is 726 Å². The molecule has 10 N–H and O–H groups in total. The van der Waals surface area contributed by atoms with Gasteiger partial charge in [0, 0.05) is 30.3 Å². The van der Waals surface area contributed by atoms with Crippen LogP contribution in [0.2, 0.25) is 10.2 Å². The number of nitrogens with zero attached hydrogens (tertiary/aromatic N) is 12. The predicted molar refractivity (Wildman–Crippen MR) is 431 cm³/mol. The highest BCUT2D eigenvalue weighted by Crippen LogP contribution is 2.46. The van der Waals surface area contributed by atoms with E-state index in [1.807, 2.05) is 0 Å². The predicted octanol–water partition coefficient (Wildman–Crippen LogP) is 16.7. The number of nitrogen functional groups attached to an aromatic ring is 1. The highest BCUT2D eigenvalue weighted by atomic mass is 35.5. The summed E-state index contributed by atoms with van der Waals surface area (Å²) in [6, 6.07) is 4.38. The number of hydrogen-bond donors (Lipinski definition) is 8. The third-order valence-corrected chi connectivity index (χ3v) is 18.1. The lowest BCUT2D eigenvalue weighted by atomic mass is 10.2. The molecule has 694 valence electrons. The Morgan fingerprint density at radius 2 is 0.768 bits per heavy atom. The van der Waals surface area contributed by atoms with E-state index in [2.05, 4.69) is 68.1 Å². The standard InChI is InChI=1S/C19H27F3N4O4.C18H16F6N6O2.C14H20ClN3O4.C9H6ClF3N2O2.C9H11F3N4.C5H11N.2ClH/c1-17(2,3)29-15(27)26(16(28)30-18(4,5)6)13-9-12(23-10-24-13)25-14(11-7-8-11)19(20,21)22;1-16(18(22,23)24)29-14(31)10-5-4-9(15(32)30(10)16)27-11-6-12(26-7-25-11)28-13(8-2-3-8)17(19,20)21;1-13(2,3)21-11(19)18(12(20)22-14(4,5)6)10-7-9(15)16-8-17-10;1-8(9(11,12)13)14-6(16)5-3-2-4(10)7(17)15(5)8;10-9(11,12)8(5-1-2-5)16-7-3-6(13)14-4-15-7;1-4(6)5-2-3-5;;/h9-11,14H,7-8H2,1-6H3,(H,23,24,25);4-8,13H,2-3H2,1H3,(H,29,31)(H2,25,26,27,28);7-8H,1-6H3;2-3H,1H3,(H,14,16);3-5,8H,1-2H2,(H3,13,14,15,16);4-5H,2-3,6H2,1H3;2*1H. The lowest BCUT2D eigenvalue weighted by molar-refractivity contribution is -0.213. The molecule has 0 radical (unpaired) electrons. The molecular weight excluding hydrogens is 1790 g/mol. The smallest absolute Gasteiger partial charge is 0.430 e. The lowest BCUT2D eigenvalue weighted by Crippen LogP contribution is -2.55. The maximum Gasteiger partial charge on any atom is 0.430 e. The number of ether oxygens (including phenoxy) is 4. The molecule has 6 aliphatic rings. The van der Waals surface area contributed by atoms with Gasteiger partial charge >= 0.3 is 55.3 Å². The van der Waals surface area contributed by atoms with E-state index in [1.54, 1.807) is 93.7 Å². The van der Waals surface area contributed by atoms with E-state index in [-0.39, 0.29) is 97.6 Å². The number of aromatic nitrogens is 10. The molecule has 0 bridgehead atoms. The molecule has 6 aromatic rings. The number of carbonyl (C=O) groups excluding carboxylic acids is 6. The molecule has 2 aliphatic heterocycles. The van der Waals surface area contributed by atoms with Gasteiger partial charge in [-0.2, -0.15) is 75.7 Å². The van der Waals surface area contributed by atoms with Crippen molar-refractivity contribution in [3.05, 3.63) is 116 Å². The van der Waals surface area contributed by atoms with Crippen molar-refractivity contribution in [1.29, 1.82) is 0 Å². The second kappa shape index (κ2) is 40.1. The Morgan fingerprint density at radius 1 is 0.456 bits per heavy atom. The van der Waals surface area contributed by atoms with Crippen LogP contribution in [0.5, 0.6) is 0 Å². The summed E-state index contributed by atoms with van der Waals surface area (Å²) in [5, 5.41) is 12.7. The maximum atomic E-state index is 13.6. The molecule has 12 rings (SSSR count). The van der Waals surface area contributed by atoms with Crippen LogP contribution in [0, 0.1) is 23.7 Å². The van der Waals surface area contributed by atoms with Crippen LogP contribution in [0.3, 0.4) is 0 Å². The van der Waals surface area contributed by atoms with Crippen LogP contribution in [0.1, 0.15) is 176 Å². The van der Waals surface area contributed by atoms with Crippen molar-refractivity contribution in [2.45, 2.75) is 244 Å². The summed E-state index contributed by atoms with van der Waals surface area (Å²) in [6.45, 7) is 23.2. The number of nitrogens with two attached hydrogens (primary N) is 2. The van der Waals surface area contributed by atoms with Crippen molar-refractivity contribution in [3.63, 3.8) is 0 Å². The Morgan fingerprint density at radius 3 is 1.09 bits per heavy atom. The van der Waals surface area contributed by atoms with Gasteiger partial charge in [-0.15, -0.1) is 24.8 Å². The molecule has 4 fully saturated rings. The number of rotatable bonds is 14. The SMILES string of the molecule is CC(C)(C)OC(=O)N(C(=O)OC(C)(C)C)c1cc(Cl)ncn1.CC(C)(C)OC(=O)N(C(=O)OC(C)(C)C)c1cc(NC(C2CC2)C(F)(F)F)ncn1.CC(N)C1CC1.CC1(C(F)(F)F)NC(=O)c2ccc(Cl)c(=O)n21.CC1(C(F)(F)F)NC(=O)c2ccc(Nc3cc(NC(C4CC4)C(F)(F)F)ncn3)c(=O)n21.Cl.Cl.Nc1cc(NC(C2CC2)C(F)(F)F)ncn1. The highest BCUT2D eigenvalue weighted by Gasteiger charge is 2.61. The Kier molecular flexibility index (Phi) is 33.8. The van der Waals surface area contributed by atoms with Gasteiger partial charge < -0.3 is 62.3 Å². The van der Waals surface area contributed by atoms with Gasteiger partial charge in [0.15, 0.2) is 11.6 Å². The van der Waals surface area contributed by atoms with E-state index in [1.165, 1.54) is 25.0 Å². The van der Waals surface area contributed by atoms with E-state index in [0.29, 0.717) is 72.8 Å². The second-order valence-electron chi connectivity index (χ2n) is 33.0. The molecule has 4 saturated carbocycles. The van der Waals surface area contributed by atoms with Gasteiger partial charge in [0.05, 0.1) is 0 Å². The summed E-state index contributed by atoms with van der Waals surface area (Å²) in [4.78, 5) is 129. The number of halogens is 19. The second-order valence-corrected chi connectivity index (χ2v) is 33.8. The first-order chi connectivity index (χ1) is 56.2. The van der Waals surface area contributed by atoms with Crippen molar-refractivity contribution >= 4 is 131 Å². The van der Waals surface area contributed by atoms with Gasteiger partial charge in [-0.05, 0) is 203 Å². The zero-order chi connectivity index (χ0) is 92.8. The molecule has 0 spiro atoms. The minimum atomic E-state index is -4.97. The molecule has 4 aliphatic carbocycles. The third kappa shape index (κ3) is 29.9. The fraction of sp³-hybridized carbons (Fsp3) is 0.568. The largest absolute Gasteiger partial charge is 0.443 e. The van der Waals surface area contributed by atoms with Gasteiger partial charge in [-0.25, -0.2) is 59.0 Å². The number of pyridine rings is 2. The van der Waals surface area contributed by atoms with E-state index in [9.17, 15) is 104 Å². The molecule has 32 nitrogen and oxygen atoms in total. The lowest BCUT2D eigenvalue weighted by Gasteiger charge is -2.29. The first kappa shape index (κ1) is 105. The molecule has 6 atom stereocenters. The molecule has 6 amide bonds. The molecule has 6 aromatic heterocycles. The Bertz CT molecular complexity index is 4860. The van der Waals surface area contributed by atoms with Gasteiger partial charge in [0.2, 0.25) is 11.3 Å². The molecule has 0 saturated heterocycles. The van der Waals surface area contributed by atoms with Crippen molar-refractivity contribution in [2.75, 3.05) is 36.8 Å². The summed E-state index contributed by atoms with van der Waals surface area (Å²) in [6.07, 6.45) is -17.1. The number of alkyl halides is 15. The van der Waals surface area contributed by atoms with Crippen molar-refractivity contribution in [2.24, 2.45) is 29.4 Å². The van der Waals surface area contributed by atoms with E-state index < -0.39 is 148 Å². The average Bonchev–Trinajstić information content (AvgIpc) is 1.58. The van der Waals surface area contributed by atoms with E-state index in [0.717, 1.165) is 67.6 Å². The fourth-order valence-electron chi connectivity index (χ4n) is 11.1. The minimum absolute atomic E-state index is 0. The van der Waals surface area contributed by atoms with Gasteiger partial charge in [-0.1, -0.05) is 23.2 Å². The molecule has 0 aromatic carbocycles. The zero-order valence-corrected chi connectivity index (χ0v) is 72.5. The first-order valence-electron chi connectivity index (χ1n) is 37.4. The van der Waals surface area contributed by atoms with Gasteiger partial charge in [0.1, 0.15) is 122 Å². The van der Waals surface area contributed by atoms with Crippen molar-refractivity contribution in [1.82, 2.24) is 59.6 Å². The monoisotopic (exact) mass is 1880 g/mol. The van der Waals surface area contributed by atoms with Crippen LogP contribution >= 0.6 is 48.0 Å². The average molecular weight is 1880 g/mol. The Balaban J connectivity index is 0.000000277. The molecule has 51 heteroatoms. The number of amides is 6. The molecular formula is C74H93Cl4F15N20O12. The van der Waals surface area contributed by atoms with Crippen LogP contribution in [-0.2, 0) is 30.3 Å². The minimum Gasteiger partial charge on any atom is -0.443 e. The normalized spacial score (nSPS) is 18.2. The number of anilines is 8. The van der Waals surface area contributed by atoms with Crippen LogP contribution in [-0.4, -0.2) is 163 Å². The first-order valence-corrected chi connectivity index (χ1v) is 38.2. The van der Waals surface area contributed by atoms with Crippen LogP contribution in [0.4, 0.5) is 131 Å². The van der Waals surface area contributed by atoms with Crippen molar-refractivity contribution < 1.29 is 114 Å². The Hall–Kier alpha value is -10.3. The van der Waals surface area contributed by atoms with E-state index in [4.69, 9.17) is 53.6 Å². The fourth-order valence-corrected chi connectivity index (χ4v) is 11.4.